The van der Waals surface area contributed by atoms with Crippen LogP contribution in [-0.4, -0.2) is 49.5 Å². The first-order valence-electron chi connectivity index (χ1n) is 10.2. The number of aliphatic hydroxyl groups excluding tert-OH is 1. The first-order valence-corrected chi connectivity index (χ1v) is 10.2. The van der Waals surface area contributed by atoms with Crippen LogP contribution in [-0.2, 0) is 6.54 Å². The Labute approximate surface area is 187 Å². The zero-order valence-corrected chi connectivity index (χ0v) is 17.4. The number of benzene rings is 2. The van der Waals surface area contributed by atoms with Crippen LogP contribution in [0.15, 0.2) is 59.4 Å². The molecule has 1 saturated heterocycles. The van der Waals surface area contributed by atoms with Crippen molar-refractivity contribution in [3.63, 3.8) is 0 Å². The first-order chi connectivity index (χ1) is 15.8. The van der Waals surface area contributed by atoms with E-state index < -0.39 is 40.9 Å². The van der Waals surface area contributed by atoms with E-state index in [1.807, 2.05) is 0 Å². The van der Waals surface area contributed by atoms with Crippen molar-refractivity contribution in [1.82, 2.24) is 20.2 Å². The van der Waals surface area contributed by atoms with Gasteiger partial charge in [0.15, 0.2) is 5.69 Å². The Kier molecular flexibility index (Phi) is 6.18. The fraction of sp³-hybridized carbons (Fsp3) is 0.217. The number of aromatic amines is 1. The number of aliphatic hydroxyl groups is 1. The molecule has 1 fully saturated rings. The van der Waals surface area contributed by atoms with Crippen molar-refractivity contribution in [3.05, 3.63) is 93.4 Å². The molecule has 33 heavy (non-hydrogen) atoms. The van der Waals surface area contributed by atoms with Gasteiger partial charge in [0, 0.05) is 25.1 Å². The number of nitrogens with one attached hydrogen (secondary N) is 2. The van der Waals surface area contributed by atoms with Gasteiger partial charge >= 0.3 is 0 Å². The van der Waals surface area contributed by atoms with E-state index in [-0.39, 0.29) is 31.2 Å². The van der Waals surface area contributed by atoms with Gasteiger partial charge in [-0.15, -0.1) is 0 Å². The minimum absolute atomic E-state index is 0.0170. The summed E-state index contributed by atoms with van der Waals surface area (Å²) in [5.41, 5.74) is -0.451. The largest absolute Gasteiger partial charge is 0.501 e. The van der Waals surface area contributed by atoms with Crippen molar-refractivity contribution >= 4 is 11.8 Å². The molecule has 3 aromatic rings. The number of likely N-dealkylation sites (tertiary alicyclic amines) is 1. The highest BCUT2D eigenvalue weighted by molar-refractivity contribution is 5.95. The fourth-order valence-electron chi connectivity index (χ4n) is 3.71. The van der Waals surface area contributed by atoms with Crippen molar-refractivity contribution in [2.24, 2.45) is 0 Å². The molecule has 1 aliphatic heterocycles. The lowest BCUT2D eigenvalue weighted by atomic mass is 10.1. The topological polar surface area (TPSA) is 136 Å². The van der Waals surface area contributed by atoms with Crippen LogP contribution in [0.2, 0.25) is 0 Å². The van der Waals surface area contributed by atoms with Crippen LogP contribution in [0.4, 0.5) is 4.39 Å². The number of rotatable bonds is 5. The number of aromatic nitrogens is 2. The lowest BCUT2D eigenvalue weighted by Gasteiger charge is -2.24. The molecule has 1 aromatic heterocycles. The predicted molar refractivity (Wildman–Crippen MR) is 115 cm³/mol. The number of H-pyrrole nitrogens is 1. The van der Waals surface area contributed by atoms with E-state index in [4.69, 9.17) is 0 Å². The van der Waals surface area contributed by atoms with Gasteiger partial charge in [-0.2, -0.15) is 0 Å². The molecule has 2 amide bonds. The number of aromatic hydroxyl groups is 1. The molecule has 0 bridgehead atoms. The van der Waals surface area contributed by atoms with Crippen molar-refractivity contribution in [1.29, 1.82) is 0 Å². The summed E-state index contributed by atoms with van der Waals surface area (Å²) in [7, 11) is 0. The quantitative estimate of drug-likeness (QED) is 0.463. The Hall–Kier alpha value is -4.05. The van der Waals surface area contributed by atoms with E-state index >= 15 is 0 Å². The number of hydrogen-bond donors (Lipinski definition) is 4. The van der Waals surface area contributed by atoms with E-state index in [1.54, 1.807) is 30.3 Å². The standard InChI is InChI=1S/C23H21FN4O5/c24-15-8-6-13(7-9-15)11-25-21(31)18-19(30)22(32)27-20(26-18)17-10-16(29)12-28(17)23(33)14-4-2-1-3-5-14/h1-9,16-17,29-30H,10-12H2,(H,25,31)(H,26,27,32). The van der Waals surface area contributed by atoms with Crippen LogP contribution >= 0.6 is 0 Å². The predicted octanol–water partition coefficient (Wildman–Crippen LogP) is 1.49. The Morgan fingerprint density at radius 1 is 1.15 bits per heavy atom. The smallest absolute Gasteiger partial charge is 0.294 e. The average Bonchev–Trinajstić information content (AvgIpc) is 3.21. The second-order valence-corrected chi connectivity index (χ2v) is 7.69. The number of β-amino-alcohol motifs (C(OH)–C–C–N with tert-alkyl or cyclic N) is 1. The maximum absolute atomic E-state index is 13.1. The molecule has 0 spiro atoms. The zero-order valence-electron chi connectivity index (χ0n) is 17.4. The van der Waals surface area contributed by atoms with Crippen molar-refractivity contribution in [3.8, 4) is 5.75 Å². The van der Waals surface area contributed by atoms with Crippen LogP contribution in [0, 0.1) is 5.82 Å². The van der Waals surface area contributed by atoms with Gasteiger partial charge in [-0.25, -0.2) is 9.37 Å². The fourth-order valence-corrected chi connectivity index (χ4v) is 3.71. The highest BCUT2D eigenvalue weighted by Crippen LogP contribution is 2.31. The minimum atomic E-state index is -0.944. The SMILES string of the molecule is O=C(NCc1ccc(F)cc1)c1nc(C2CC(O)CN2C(=O)c2ccccc2)[nH]c(=O)c1O. The number of hydrogen-bond acceptors (Lipinski definition) is 6. The molecular formula is C23H21FN4O5. The van der Waals surface area contributed by atoms with Crippen LogP contribution < -0.4 is 10.9 Å². The Morgan fingerprint density at radius 2 is 1.85 bits per heavy atom. The third-order valence-corrected chi connectivity index (χ3v) is 5.37. The van der Waals surface area contributed by atoms with Crippen molar-refractivity contribution in [2.75, 3.05) is 6.54 Å². The van der Waals surface area contributed by atoms with E-state index in [9.17, 15) is 29.0 Å². The van der Waals surface area contributed by atoms with E-state index in [1.165, 1.54) is 29.2 Å². The molecule has 0 aliphatic carbocycles. The van der Waals surface area contributed by atoms with Crippen LogP contribution in [0.25, 0.3) is 0 Å². The molecule has 2 aromatic carbocycles. The molecule has 10 heteroatoms. The molecule has 2 atom stereocenters. The summed E-state index contributed by atoms with van der Waals surface area (Å²) in [6.07, 6.45) is -0.749. The first kappa shape index (κ1) is 22.2. The molecule has 0 radical (unpaired) electrons. The molecule has 0 saturated carbocycles. The van der Waals surface area contributed by atoms with Gasteiger partial charge < -0.3 is 25.4 Å². The number of nitrogens with zero attached hydrogens (tertiary/aromatic N) is 2. The summed E-state index contributed by atoms with van der Waals surface area (Å²) in [6, 6.07) is 13.1. The molecule has 1 aliphatic rings. The molecule has 4 N–H and O–H groups in total. The van der Waals surface area contributed by atoms with Gasteiger partial charge in [0.2, 0.25) is 5.75 Å². The second kappa shape index (κ2) is 9.21. The number of halogens is 1. The molecule has 2 unspecified atom stereocenters. The lowest BCUT2D eigenvalue weighted by Crippen LogP contribution is -2.34. The summed E-state index contributed by atoms with van der Waals surface area (Å²) in [5, 5.41) is 22.8. The lowest BCUT2D eigenvalue weighted by molar-refractivity contribution is 0.0710. The van der Waals surface area contributed by atoms with Crippen LogP contribution in [0.3, 0.4) is 0 Å². The highest BCUT2D eigenvalue weighted by atomic mass is 19.1. The molecule has 2 heterocycles. The van der Waals surface area contributed by atoms with Gasteiger partial charge in [0.05, 0.1) is 12.1 Å². The van der Waals surface area contributed by atoms with Gasteiger partial charge in [0.1, 0.15) is 11.6 Å². The van der Waals surface area contributed by atoms with Crippen molar-refractivity contribution in [2.45, 2.75) is 25.1 Å². The zero-order chi connectivity index (χ0) is 23.5. The minimum Gasteiger partial charge on any atom is -0.501 e. The Balaban J connectivity index is 1.60. The van der Waals surface area contributed by atoms with Gasteiger partial charge in [-0.05, 0) is 29.8 Å². The molecule has 4 rings (SSSR count). The maximum atomic E-state index is 13.1. The van der Waals surface area contributed by atoms with Gasteiger partial charge in [-0.1, -0.05) is 30.3 Å². The molecule has 170 valence electrons. The van der Waals surface area contributed by atoms with Crippen LogP contribution in [0.5, 0.6) is 5.75 Å². The van der Waals surface area contributed by atoms with E-state index in [0.29, 0.717) is 11.1 Å². The Bertz CT molecular complexity index is 1230. The highest BCUT2D eigenvalue weighted by Gasteiger charge is 2.38. The summed E-state index contributed by atoms with van der Waals surface area (Å²) < 4.78 is 13.1. The monoisotopic (exact) mass is 452 g/mol. The maximum Gasteiger partial charge on any atom is 0.294 e. The normalized spacial score (nSPS) is 17.7. The van der Waals surface area contributed by atoms with Gasteiger partial charge in [-0.3, -0.25) is 14.4 Å². The molecule has 9 nitrogen and oxygen atoms in total. The Morgan fingerprint density at radius 3 is 2.55 bits per heavy atom. The molecular weight excluding hydrogens is 431 g/mol. The number of carbonyl (C=O) groups is 2. The third kappa shape index (κ3) is 4.75. The summed E-state index contributed by atoms with van der Waals surface area (Å²) in [6.45, 7) is 0.0399. The van der Waals surface area contributed by atoms with Crippen LogP contribution in [0.1, 0.15) is 44.7 Å². The van der Waals surface area contributed by atoms with E-state index in [0.717, 1.165) is 0 Å². The second-order valence-electron chi connectivity index (χ2n) is 7.69. The summed E-state index contributed by atoms with van der Waals surface area (Å²) in [5.74, 6) is -2.49. The summed E-state index contributed by atoms with van der Waals surface area (Å²) in [4.78, 5) is 45.8. The average molecular weight is 452 g/mol. The van der Waals surface area contributed by atoms with Crippen molar-refractivity contribution < 1.29 is 24.2 Å². The van der Waals surface area contributed by atoms with E-state index in [2.05, 4.69) is 15.3 Å². The van der Waals surface area contributed by atoms with Gasteiger partial charge in [0.25, 0.3) is 17.4 Å². The third-order valence-electron chi connectivity index (χ3n) is 5.37. The number of carbonyl (C=O) groups excluding carboxylic acids is 2. The summed E-state index contributed by atoms with van der Waals surface area (Å²) >= 11 is 0. The number of amides is 2.